The Hall–Kier alpha value is -3.54. The number of hydrogen-bond acceptors (Lipinski definition) is 7. The van der Waals surface area contributed by atoms with Crippen LogP contribution in [-0.4, -0.2) is 23.2 Å². The maximum Gasteiger partial charge on any atom is 0.338 e. The molecule has 0 saturated heterocycles. The van der Waals surface area contributed by atoms with Gasteiger partial charge >= 0.3 is 5.97 Å². The van der Waals surface area contributed by atoms with E-state index < -0.39 is 12.0 Å². The monoisotopic (exact) mass is 742 g/mol. The minimum atomic E-state index is -0.814. The highest BCUT2D eigenvalue weighted by Crippen LogP contribution is 2.37. The van der Waals surface area contributed by atoms with Gasteiger partial charge < -0.3 is 14.2 Å². The van der Waals surface area contributed by atoms with Crippen molar-refractivity contribution in [2.75, 3.05) is 6.61 Å². The summed E-state index contributed by atoms with van der Waals surface area (Å²) in [6.45, 7) is 7.68. The fourth-order valence-corrected chi connectivity index (χ4v) is 7.28. The largest absolute Gasteiger partial charge is 0.491 e. The number of allylic oxidation sites excluding steroid dienone is 1. The fourth-order valence-electron chi connectivity index (χ4n) is 4.87. The molecule has 44 heavy (non-hydrogen) atoms. The van der Waals surface area contributed by atoms with Gasteiger partial charge in [0, 0.05) is 15.6 Å². The van der Waals surface area contributed by atoms with Gasteiger partial charge in [-0.05, 0) is 85.6 Å². The number of nitrogens with zero attached hydrogens (tertiary/aromatic N) is 2. The SMILES string of the molecule is CCOC(=O)C1=C(C)N=c2s/c(=C\c3cc(Br)cc(Br)c3OCc3ccc(F)cc3)c(=O)n2[C@@H]1c1ccccc1OC(C)C. The number of esters is 1. The predicted octanol–water partition coefficient (Wildman–Crippen LogP) is 6.83. The molecule has 0 amide bonds. The molecule has 0 fully saturated rings. The van der Waals surface area contributed by atoms with E-state index in [0.717, 1.165) is 10.0 Å². The van der Waals surface area contributed by atoms with Gasteiger partial charge in [-0.3, -0.25) is 9.36 Å². The lowest BCUT2D eigenvalue weighted by Crippen LogP contribution is -2.40. The molecule has 1 aliphatic heterocycles. The molecular weight excluding hydrogens is 715 g/mol. The van der Waals surface area contributed by atoms with Crippen LogP contribution in [0.1, 0.15) is 50.4 Å². The Morgan fingerprint density at radius 3 is 2.57 bits per heavy atom. The number of rotatable bonds is 9. The first-order valence-corrected chi connectivity index (χ1v) is 16.3. The first-order valence-electron chi connectivity index (χ1n) is 13.9. The van der Waals surface area contributed by atoms with Crippen molar-refractivity contribution in [1.82, 2.24) is 4.57 Å². The summed E-state index contributed by atoms with van der Waals surface area (Å²) in [4.78, 5) is 32.7. The van der Waals surface area contributed by atoms with Crippen molar-refractivity contribution < 1.29 is 23.4 Å². The third-order valence-electron chi connectivity index (χ3n) is 6.71. The van der Waals surface area contributed by atoms with E-state index in [2.05, 4.69) is 36.9 Å². The second-order valence-electron chi connectivity index (χ2n) is 10.2. The molecule has 4 aromatic rings. The molecule has 11 heteroatoms. The van der Waals surface area contributed by atoms with Crippen molar-refractivity contribution in [3.8, 4) is 11.5 Å². The second-order valence-corrected chi connectivity index (χ2v) is 13.0. The van der Waals surface area contributed by atoms with E-state index in [1.54, 1.807) is 32.1 Å². The van der Waals surface area contributed by atoms with Crippen LogP contribution in [0.25, 0.3) is 6.08 Å². The average Bonchev–Trinajstić information content (AvgIpc) is 3.26. The number of fused-ring (bicyclic) bond motifs is 1. The Morgan fingerprint density at radius 2 is 1.86 bits per heavy atom. The molecule has 0 spiro atoms. The number of para-hydroxylation sites is 1. The summed E-state index contributed by atoms with van der Waals surface area (Å²) in [5.41, 5.74) is 2.50. The number of benzene rings is 3. The van der Waals surface area contributed by atoms with Crippen LogP contribution in [0.15, 0.2) is 90.7 Å². The van der Waals surface area contributed by atoms with Crippen LogP contribution in [0.2, 0.25) is 0 Å². The van der Waals surface area contributed by atoms with Gasteiger partial charge in [0.1, 0.15) is 30.0 Å². The van der Waals surface area contributed by atoms with Crippen molar-refractivity contribution >= 4 is 55.2 Å². The molecule has 3 aromatic carbocycles. The van der Waals surface area contributed by atoms with Gasteiger partial charge in [0.15, 0.2) is 4.80 Å². The molecule has 2 heterocycles. The zero-order chi connectivity index (χ0) is 31.5. The van der Waals surface area contributed by atoms with Crippen LogP contribution in [0.3, 0.4) is 0 Å². The molecule has 0 N–H and O–H groups in total. The quantitative estimate of drug-likeness (QED) is 0.176. The molecule has 1 atom stereocenters. The minimum absolute atomic E-state index is 0.133. The maximum absolute atomic E-state index is 14.2. The summed E-state index contributed by atoms with van der Waals surface area (Å²) in [5.74, 6) is 0.206. The van der Waals surface area contributed by atoms with Gasteiger partial charge in [-0.2, -0.15) is 0 Å². The number of carbonyl (C=O) groups excluding carboxylic acids is 1. The van der Waals surface area contributed by atoms with Crippen LogP contribution in [0, 0.1) is 5.82 Å². The molecule has 1 aromatic heterocycles. The Bertz CT molecular complexity index is 1930. The summed E-state index contributed by atoms with van der Waals surface area (Å²) in [5, 5.41) is 0. The second kappa shape index (κ2) is 13.6. The van der Waals surface area contributed by atoms with Crippen LogP contribution >= 0.6 is 43.2 Å². The Kier molecular flexibility index (Phi) is 9.87. The first kappa shape index (κ1) is 31.9. The lowest BCUT2D eigenvalue weighted by molar-refractivity contribution is -0.139. The summed E-state index contributed by atoms with van der Waals surface area (Å²) in [7, 11) is 0. The summed E-state index contributed by atoms with van der Waals surface area (Å²) < 4.78 is 34.5. The first-order chi connectivity index (χ1) is 21.1. The summed E-state index contributed by atoms with van der Waals surface area (Å²) >= 11 is 8.33. The van der Waals surface area contributed by atoms with E-state index in [9.17, 15) is 14.0 Å². The van der Waals surface area contributed by atoms with Crippen molar-refractivity contribution in [3.05, 3.63) is 123 Å². The molecule has 0 unspecified atom stereocenters. The van der Waals surface area contributed by atoms with Crippen LogP contribution in [-0.2, 0) is 16.1 Å². The zero-order valence-corrected chi connectivity index (χ0v) is 28.4. The number of thiazole rings is 1. The maximum atomic E-state index is 14.2. The van der Waals surface area contributed by atoms with Crippen molar-refractivity contribution in [3.63, 3.8) is 0 Å². The molecule has 0 radical (unpaired) electrons. The standard InChI is InChI=1S/C33H29Br2FN2O5S/c1-5-41-32(40)28-19(4)37-33-38(29(28)24-8-6-7-9-26(24)43-18(2)3)31(39)27(44-33)15-21-14-22(34)16-25(35)30(21)42-17-20-10-12-23(36)13-11-20/h6-16,18,29H,5,17H2,1-4H3/b27-15-/t29-/m1/s1. The van der Waals surface area contributed by atoms with Crippen molar-refractivity contribution in [1.29, 1.82) is 0 Å². The van der Waals surface area contributed by atoms with E-state index in [0.29, 0.717) is 42.1 Å². The molecule has 0 aliphatic carbocycles. The Balaban J connectivity index is 1.67. The van der Waals surface area contributed by atoms with E-state index in [1.165, 1.54) is 28.0 Å². The number of carbonyl (C=O) groups is 1. The summed E-state index contributed by atoms with van der Waals surface area (Å²) in [6.07, 6.45) is 1.61. The van der Waals surface area contributed by atoms with Crippen molar-refractivity contribution in [2.24, 2.45) is 4.99 Å². The Morgan fingerprint density at radius 1 is 1.14 bits per heavy atom. The van der Waals surface area contributed by atoms with Gasteiger partial charge in [-0.25, -0.2) is 14.2 Å². The normalized spacial score (nSPS) is 14.8. The average molecular weight is 744 g/mol. The van der Waals surface area contributed by atoms with Crippen LogP contribution < -0.4 is 24.4 Å². The van der Waals surface area contributed by atoms with Crippen LogP contribution in [0.4, 0.5) is 4.39 Å². The predicted molar refractivity (Wildman–Crippen MR) is 175 cm³/mol. The summed E-state index contributed by atoms with van der Waals surface area (Å²) in [6, 6.07) is 16.3. The number of ether oxygens (including phenoxy) is 3. The van der Waals surface area contributed by atoms with Crippen molar-refractivity contribution in [2.45, 2.75) is 46.4 Å². The lowest BCUT2D eigenvalue weighted by Gasteiger charge is -2.26. The molecule has 0 bridgehead atoms. The molecular formula is C33H29Br2FN2O5S. The smallest absolute Gasteiger partial charge is 0.338 e. The van der Waals surface area contributed by atoms with Gasteiger partial charge in [0.05, 0.1) is 33.0 Å². The highest BCUT2D eigenvalue weighted by atomic mass is 79.9. The topological polar surface area (TPSA) is 79.1 Å². The number of hydrogen-bond donors (Lipinski definition) is 0. The van der Waals surface area contributed by atoms with Gasteiger partial charge in [-0.15, -0.1) is 0 Å². The lowest BCUT2D eigenvalue weighted by atomic mass is 9.95. The third-order valence-corrected chi connectivity index (χ3v) is 8.74. The zero-order valence-electron chi connectivity index (χ0n) is 24.4. The molecule has 228 valence electrons. The number of aromatic nitrogens is 1. The highest BCUT2D eigenvalue weighted by molar-refractivity contribution is 9.11. The highest BCUT2D eigenvalue weighted by Gasteiger charge is 2.35. The van der Waals surface area contributed by atoms with E-state index in [-0.39, 0.29) is 36.3 Å². The third kappa shape index (κ3) is 6.74. The van der Waals surface area contributed by atoms with Gasteiger partial charge in [0.25, 0.3) is 5.56 Å². The van der Waals surface area contributed by atoms with E-state index in [1.807, 2.05) is 50.2 Å². The number of halogens is 3. The molecule has 7 nitrogen and oxygen atoms in total. The van der Waals surface area contributed by atoms with E-state index >= 15 is 0 Å². The molecule has 0 saturated carbocycles. The Labute approximate surface area is 274 Å². The fraction of sp³-hybridized carbons (Fsp3) is 0.242. The molecule has 1 aliphatic rings. The van der Waals surface area contributed by atoms with Gasteiger partial charge in [0.2, 0.25) is 0 Å². The van der Waals surface area contributed by atoms with Crippen LogP contribution in [0.5, 0.6) is 11.5 Å². The molecule has 5 rings (SSSR count). The minimum Gasteiger partial charge on any atom is -0.491 e. The van der Waals surface area contributed by atoms with E-state index in [4.69, 9.17) is 14.2 Å². The van der Waals surface area contributed by atoms with Gasteiger partial charge in [-0.1, -0.05) is 57.6 Å².